The SMILES string of the molecule is Cc1ccc(C)c(N2C(=NC(=O)c3ccccc3)S[C@H]3CS(=O)(=O)C[C@H]32)c1. The summed E-state index contributed by atoms with van der Waals surface area (Å²) < 4.78 is 24.4. The van der Waals surface area contributed by atoms with E-state index in [9.17, 15) is 13.2 Å². The summed E-state index contributed by atoms with van der Waals surface area (Å²) in [4.78, 5) is 19.0. The molecule has 2 fully saturated rings. The molecular weight excluding hydrogens is 380 g/mol. The highest BCUT2D eigenvalue weighted by Crippen LogP contribution is 2.42. The first-order valence-electron chi connectivity index (χ1n) is 8.76. The van der Waals surface area contributed by atoms with E-state index < -0.39 is 9.84 Å². The molecule has 2 aromatic rings. The van der Waals surface area contributed by atoms with E-state index in [-0.39, 0.29) is 28.7 Å². The van der Waals surface area contributed by atoms with Gasteiger partial charge >= 0.3 is 0 Å². The maximum atomic E-state index is 12.6. The third-order valence-electron chi connectivity index (χ3n) is 4.91. The molecule has 0 N–H and O–H groups in total. The first-order chi connectivity index (χ1) is 12.8. The van der Waals surface area contributed by atoms with Crippen LogP contribution in [0.2, 0.25) is 0 Å². The largest absolute Gasteiger partial charge is 0.315 e. The molecule has 0 aliphatic carbocycles. The molecule has 140 valence electrons. The van der Waals surface area contributed by atoms with Crippen LogP contribution >= 0.6 is 11.8 Å². The Morgan fingerprint density at radius 2 is 1.85 bits per heavy atom. The molecule has 5 nitrogen and oxygen atoms in total. The number of sulfone groups is 1. The minimum Gasteiger partial charge on any atom is -0.315 e. The van der Waals surface area contributed by atoms with Crippen molar-refractivity contribution in [3.05, 3.63) is 65.2 Å². The Morgan fingerprint density at radius 3 is 2.59 bits per heavy atom. The van der Waals surface area contributed by atoms with Crippen LogP contribution in [0.5, 0.6) is 0 Å². The molecule has 2 aliphatic rings. The molecule has 0 radical (unpaired) electrons. The van der Waals surface area contributed by atoms with E-state index in [1.807, 2.05) is 43.0 Å². The van der Waals surface area contributed by atoms with Crippen LogP contribution in [0.4, 0.5) is 5.69 Å². The normalized spacial score (nSPS) is 25.0. The highest BCUT2D eigenvalue weighted by atomic mass is 32.2. The van der Waals surface area contributed by atoms with Gasteiger partial charge in [-0.05, 0) is 43.2 Å². The van der Waals surface area contributed by atoms with Gasteiger partial charge in [-0.25, -0.2) is 8.42 Å². The average molecular weight is 401 g/mol. The molecule has 2 saturated heterocycles. The molecule has 0 saturated carbocycles. The predicted molar refractivity (Wildman–Crippen MR) is 110 cm³/mol. The van der Waals surface area contributed by atoms with Crippen molar-refractivity contribution in [1.82, 2.24) is 0 Å². The lowest BCUT2D eigenvalue weighted by molar-refractivity contribution is 0.100. The van der Waals surface area contributed by atoms with Gasteiger partial charge in [0.2, 0.25) is 0 Å². The summed E-state index contributed by atoms with van der Waals surface area (Å²) in [6.45, 7) is 3.99. The van der Waals surface area contributed by atoms with E-state index in [1.54, 1.807) is 24.3 Å². The fourth-order valence-electron chi connectivity index (χ4n) is 3.56. The van der Waals surface area contributed by atoms with Crippen molar-refractivity contribution in [2.45, 2.75) is 25.1 Å². The second-order valence-corrected chi connectivity index (χ2v) is 10.4. The summed E-state index contributed by atoms with van der Waals surface area (Å²) in [5.74, 6) is -0.0880. The van der Waals surface area contributed by atoms with Crippen molar-refractivity contribution >= 4 is 38.4 Å². The summed E-state index contributed by atoms with van der Waals surface area (Å²) in [6, 6.07) is 14.8. The first kappa shape index (κ1) is 18.3. The molecule has 7 heteroatoms. The maximum absolute atomic E-state index is 12.6. The van der Waals surface area contributed by atoms with Crippen molar-refractivity contribution in [1.29, 1.82) is 0 Å². The zero-order chi connectivity index (χ0) is 19.2. The molecule has 2 atom stereocenters. The van der Waals surface area contributed by atoms with Crippen LogP contribution in [0.1, 0.15) is 21.5 Å². The molecule has 4 rings (SSSR count). The van der Waals surface area contributed by atoms with E-state index in [2.05, 4.69) is 4.99 Å². The summed E-state index contributed by atoms with van der Waals surface area (Å²) in [7, 11) is -3.08. The number of carbonyl (C=O) groups is 1. The second-order valence-electron chi connectivity index (χ2n) is 7.03. The van der Waals surface area contributed by atoms with Gasteiger partial charge in [-0.15, -0.1) is 0 Å². The predicted octanol–water partition coefficient (Wildman–Crippen LogP) is 3.22. The van der Waals surface area contributed by atoms with Gasteiger partial charge < -0.3 is 4.90 Å². The number of anilines is 1. The van der Waals surface area contributed by atoms with Crippen molar-refractivity contribution in [2.75, 3.05) is 16.4 Å². The number of aryl methyl sites for hydroxylation is 2. The molecule has 0 unspecified atom stereocenters. The zero-order valence-electron chi connectivity index (χ0n) is 15.1. The highest BCUT2D eigenvalue weighted by molar-refractivity contribution is 8.16. The molecule has 27 heavy (non-hydrogen) atoms. The smallest absolute Gasteiger partial charge is 0.279 e. The van der Waals surface area contributed by atoms with Crippen LogP contribution < -0.4 is 4.90 Å². The maximum Gasteiger partial charge on any atom is 0.279 e. The van der Waals surface area contributed by atoms with Crippen LogP contribution in [0, 0.1) is 13.8 Å². The number of aliphatic imine (C=N–C) groups is 1. The van der Waals surface area contributed by atoms with Gasteiger partial charge in [-0.3, -0.25) is 4.79 Å². The summed E-state index contributed by atoms with van der Waals surface area (Å²) in [5.41, 5.74) is 3.56. The molecule has 2 aromatic carbocycles. The van der Waals surface area contributed by atoms with Gasteiger partial charge in [0, 0.05) is 16.5 Å². The van der Waals surface area contributed by atoms with Crippen LogP contribution in [0.3, 0.4) is 0 Å². The second kappa shape index (κ2) is 6.80. The number of carbonyl (C=O) groups excluding carboxylic acids is 1. The van der Waals surface area contributed by atoms with Crippen molar-refractivity contribution in [3.8, 4) is 0 Å². The van der Waals surface area contributed by atoms with Gasteiger partial charge in [0.25, 0.3) is 5.91 Å². The van der Waals surface area contributed by atoms with E-state index >= 15 is 0 Å². The van der Waals surface area contributed by atoms with E-state index in [4.69, 9.17) is 0 Å². The number of nitrogens with zero attached hydrogens (tertiary/aromatic N) is 2. The lowest BCUT2D eigenvalue weighted by Crippen LogP contribution is -2.38. The average Bonchev–Trinajstić information content (AvgIpc) is 3.09. The third kappa shape index (κ3) is 3.53. The van der Waals surface area contributed by atoms with Crippen LogP contribution in [0.25, 0.3) is 0 Å². The molecule has 0 aromatic heterocycles. The number of hydrogen-bond acceptors (Lipinski definition) is 4. The molecular formula is C20H20N2O3S2. The molecule has 2 aliphatic heterocycles. The molecule has 1 amide bonds. The Morgan fingerprint density at radius 1 is 1.11 bits per heavy atom. The standard InChI is InChI=1S/C20H20N2O3S2/c1-13-8-9-14(2)16(10-13)22-17-11-27(24,25)12-18(17)26-20(22)21-19(23)15-6-4-3-5-7-15/h3-10,17-18H,11-12H2,1-2H3/t17-,18+/m1/s1. The Balaban J connectivity index is 1.78. The quantitative estimate of drug-likeness (QED) is 0.774. The Kier molecular flexibility index (Phi) is 4.60. The van der Waals surface area contributed by atoms with E-state index in [0.717, 1.165) is 16.8 Å². The topological polar surface area (TPSA) is 66.8 Å². The van der Waals surface area contributed by atoms with Gasteiger partial charge in [0.15, 0.2) is 15.0 Å². The number of hydrogen-bond donors (Lipinski definition) is 0. The number of amides is 1. The number of thioether (sulfide) groups is 1. The Bertz CT molecular complexity index is 1030. The zero-order valence-corrected chi connectivity index (χ0v) is 16.8. The molecule has 0 bridgehead atoms. The molecule has 2 heterocycles. The van der Waals surface area contributed by atoms with Gasteiger partial charge in [0.05, 0.1) is 17.5 Å². The summed E-state index contributed by atoms with van der Waals surface area (Å²) >= 11 is 1.40. The number of rotatable bonds is 2. The minimum atomic E-state index is -3.08. The monoisotopic (exact) mass is 400 g/mol. The number of benzene rings is 2. The summed E-state index contributed by atoms with van der Waals surface area (Å²) in [6.07, 6.45) is 0. The first-order valence-corrected chi connectivity index (χ1v) is 11.5. The minimum absolute atomic E-state index is 0.0938. The fourth-order valence-corrected chi connectivity index (χ4v) is 7.46. The van der Waals surface area contributed by atoms with Crippen LogP contribution in [0.15, 0.2) is 53.5 Å². The van der Waals surface area contributed by atoms with Crippen LogP contribution in [-0.2, 0) is 9.84 Å². The van der Waals surface area contributed by atoms with E-state index in [0.29, 0.717) is 10.7 Å². The lowest BCUT2D eigenvalue weighted by atomic mass is 10.1. The fraction of sp³-hybridized carbons (Fsp3) is 0.300. The van der Waals surface area contributed by atoms with Gasteiger partial charge in [0.1, 0.15) is 0 Å². The Labute approximate surface area is 163 Å². The van der Waals surface area contributed by atoms with Gasteiger partial charge in [-0.1, -0.05) is 42.1 Å². The third-order valence-corrected chi connectivity index (χ3v) is 8.12. The van der Waals surface area contributed by atoms with E-state index in [1.165, 1.54) is 11.8 Å². The number of fused-ring (bicyclic) bond motifs is 1. The van der Waals surface area contributed by atoms with Crippen molar-refractivity contribution in [3.63, 3.8) is 0 Å². The number of amidine groups is 1. The lowest BCUT2D eigenvalue weighted by Gasteiger charge is -2.26. The highest BCUT2D eigenvalue weighted by Gasteiger charge is 2.49. The summed E-state index contributed by atoms with van der Waals surface area (Å²) in [5, 5.41) is 0.486. The van der Waals surface area contributed by atoms with Crippen molar-refractivity contribution in [2.24, 2.45) is 4.99 Å². The van der Waals surface area contributed by atoms with Crippen molar-refractivity contribution < 1.29 is 13.2 Å². The Hall–Kier alpha value is -2.12. The van der Waals surface area contributed by atoms with Gasteiger partial charge in [-0.2, -0.15) is 4.99 Å². The molecule has 0 spiro atoms. The van der Waals surface area contributed by atoms with Crippen LogP contribution in [-0.4, -0.2) is 42.3 Å².